The second-order valence-electron chi connectivity index (χ2n) is 8.94. The Balaban J connectivity index is 1.33. The molecule has 2 aromatic heterocycles. The summed E-state index contributed by atoms with van der Waals surface area (Å²) in [6.45, 7) is 1.51. The zero-order chi connectivity index (χ0) is 21.7. The summed E-state index contributed by atoms with van der Waals surface area (Å²) in [4.78, 5) is 12.8. The maximum absolute atomic E-state index is 12.8. The monoisotopic (exact) mass is 426 g/mol. The van der Waals surface area contributed by atoms with E-state index in [1.807, 2.05) is 36.4 Å². The molecule has 4 heterocycles. The second-order valence-corrected chi connectivity index (χ2v) is 8.94. The third kappa shape index (κ3) is 3.22. The van der Waals surface area contributed by atoms with Crippen molar-refractivity contribution in [3.05, 3.63) is 88.0 Å². The summed E-state index contributed by atoms with van der Waals surface area (Å²) >= 11 is 0. The first-order valence-electron chi connectivity index (χ1n) is 11.3. The van der Waals surface area contributed by atoms with Gasteiger partial charge in [0, 0.05) is 30.2 Å². The lowest BCUT2D eigenvalue weighted by Gasteiger charge is -2.25. The van der Waals surface area contributed by atoms with E-state index in [0.717, 1.165) is 29.7 Å². The van der Waals surface area contributed by atoms with Crippen LogP contribution in [0.2, 0.25) is 0 Å². The van der Waals surface area contributed by atoms with Gasteiger partial charge in [-0.05, 0) is 55.0 Å². The summed E-state index contributed by atoms with van der Waals surface area (Å²) in [5, 5.41) is 9.40. The molecule has 0 saturated carbocycles. The van der Waals surface area contributed by atoms with Crippen molar-refractivity contribution < 1.29 is 4.74 Å². The minimum Gasteiger partial charge on any atom is -0.487 e. The Labute approximate surface area is 186 Å². The molecular weight excluding hydrogens is 400 g/mol. The van der Waals surface area contributed by atoms with Gasteiger partial charge in [-0.1, -0.05) is 36.4 Å². The highest BCUT2D eigenvalue weighted by Crippen LogP contribution is 2.41. The van der Waals surface area contributed by atoms with E-state index in [1.54, 1.807) is 6.20 Å². The predicted molar refractivity (Wildman–Crippen MR) is 124 cm³/mol. The van der Waals surface area contributed by atoms with Crippen molar-refractivity contribution in [3.63, 3.8) is 0 Å². The van der Waals surface area contributed by atoms with Crippen LogP contribution >= 0.6 is 0 Å². The van der Waals surface area contributed by atoms with Gasteiger partial charge in [-0.25, -0.2) is 0 Å². The molecule has 3 aliphatic rings. The van der Waals surface area contributed by atoms with Gasteiger partial charge < -0.3 is 14.6 Å². The molecule has 162 valence electrons. The first-order valence-corrected chi connectivity index (χ1v) is 11.3. The molecular formula is C26H26N4O2. The third-order valence-corrected chi connectivity index (χ3v) is 6.96. The highest BCUT2D eigenvalue weighted by atomic mass is 16.5. The average molecular weight is 427 g/mol. The molecule has 7 rings (SSSR count). The molecule has 2 unspecified atom stereocenters. The number of hydrogen-bond acceptors (Lipinski definition) is 4. The maximum atomic E-state index is 12.8. The Morgan fingerprint density at radius 2 is 2.00 bits per heavy atom. The molecule has 0 spiro atoms. The lowest BCUT2D eigenvalue weighted by Crippen LogP contribution is -2.30. The van der Waals surface area contributed by atoms with Gasteiger partial charge in [0.05, 0.1) is 17.4 Å². The molecule has 0 radical (unpaired) electrons. The minimum absolute atomic E-state index is 0.202. The summed E-state index contributed by atoms with van der Waals surface area (Å²) in [5.41, 5.74) is 5.64. The van der Waals surface area contributed by atoms with Gasteiger partial charge >= 0.3 is 0 Å². The van der Waals surface area contributed by atoms with E-state index in [4.69, 9.17) is 4.74 Å². The zero-order valence-electron chi connectivity index (χ0n) is 18.1. The van der Waals surface area contributed by atoms with Crippen LogP contribution in [0.5, 0.6) is 5.75 Å². The summed E-state index contributed by atoms with van der Waals surface area (Å²) in [7, 11) is 2.15. The fourth-order valence-electron chi connectivity index (χ4n) is 5.29. The average Bonchev–Trinajstić information content (AvgIpc) is 2.97. The lowest BCUT2D eigenvalue weighted by molar-refractivity contribution is 0.303. The Morgan fingerprint density at radius 1 is 1.12 bits per heavy atom. The highest BCUT2D eigenvalue weighted by Gasteiger charge is 2.32. The zero-order valence-corrected chi connectivity index (χ0v) is 18.1. The van der Waals surface area contributed by atoms with Gasteiger partial charge in [-0.15, -0.1) is 0 Å². The van der Waals surface area contributed by atoms with Gasteiger partial charge in [-0.2, -0.15) is 9.78 Å². The SMILES string of the molecule is Cn1c2c(c3ccc(-n4ncc(OCc5ccccc5)cc4=O)cc31)C1CCC(CN1)C2. The normalized spacial score (nSPS) is 19.7. The molecule has 1 saturated heterocycles. The smallest absolute Gasteiger partial charge is 0.275 e. The van der Waals surface area contributed by atoms with Crippen molar-refractivity contribution in [2.24, 2.45) is 13.0 Å². The van der Waals surface area contributed by atoms with E-state index in [-0.39, 0.29) is 5.56 Å². The molecule has 2 atom stereocenters. The molecule has 6 heteroatoms. The number of nitrogens with zero attached hydrogens (tertiary/aromatic N) is 3. The summed E-state index contributed by atoms with van der Waals surface area (Å²) in [6, 6.07) is 18.1. The number of fused-ring (bicyclic) bond motifs is 3. The number of aryl methyl sites for hydroxylation is 1. The van der Waals surface area contributed by atoms with E-state index < -0.39 is 0 Å². The van der Waals surface area contributed by atoms with Crippen molar-refractivity contribution in [1.82, 2.24) is 19.7 Å². The molecule has 2 aromatic carbocycles. The quantitative estimate of drug-likeness (QED) is 0.538. The molecule has 2 bridgehead atoms. The van der Waals surface area contributed by atoms with Crippen LogP contribution < -0.4 is 15.6 Å². The van der Waals surface area contributed by atoms with Crippen LogP contribution in [0.3, 0.4) is 0 Å². The standard InChI is InChI=1S/C26H26N4O2/c1-29-23-12-19(8-9-21(23)26-22-10-7-18(14-27-22)11-24(26)29)30-25(31)13-20(15-28-30)32-16-17-5-3-2-4-6-17/h2-6,8-9,12-13,15,18,22,27H,7,10-11,14,16H2,1H3. The van der Waals surface area contributed by atoms with Gasteiger partial charge in [-0.3, -0.25) is 4.79 Å². The summed E-state index contributed by atoms with van der Waals surface area (Å²) in [6.07, 6.45) is 5.22. The van der Waals surface area contributed by atoms with Gasteiger partial charge in [0.2, 0.25) is 0 Å². The van der Waals surface area contributed by atoms with Crippen LogP contribution in [0.1, 0.15) is 35.7 Å². The van der Waals surface area contributed by atoms with Crippen molar-refractivity contribution in [2.75, 3.05) is 6.54 Å². The number of benzene rings is 2. The molecule has 0 amide bonds. The van der Waals surface area contributed by atoms with Gasteiger partial charge in [0.15, 0.2) is 0 Å². The topological polar surface area (TPSA) is 61.1 Å². The Bertz CT molecular complexity index is 1350. The van der Waals surface area contributed by atoms with E-state index >= 15 is 0 Å². The van der Waals surface area contributed by atoms with E-state index in [0.29, 0.717) is 24.3 Å². The van der Waals surface area contributed by atoms with Crippen LogP contribution in [-0.4, -0.2) is 20.9 Å². The van der Waals surface area contributed by atoms with Crippen LogP contribution in [0, 0.1) is 5.92 Å². The van der Waals surface area contributed by atoms with Crippen LogP contribution in [0.25, 0.3) is 16.6 Å². The number of piperidine rings is 1. The van der Waals surface area contributed by atoms with Crippen molar-refractivity contribution >= 4 is 10.9 Å². The fraction of sp³-hybridized carbons (Fsp3) is 0.308. The first kappa shape index (κ1) is 19.3. The molecule has 32 heavy (non-hydrogen) atoms. The van der Waals surface area contributed by atoms with Crippen LogP contribution in [0.15, 0.2) is 65.6 Å². The molecule has 1 N–H and O–H groups in total. The van der Waals surface area contributed by atoms with Crippen molar-refractivity contribution in [3.8, 4) is 11.4 Å². The molecule has 1 fully saturated rings. The van der Waals surface area contributed by atoms with Crippen molar-refractivity contribution in [1.29, 1.82) is 0 Å². The molecule has 6 nitrogen and oxygen atoms in total. The van der Waals surface area contributed by atoms with Crippen LogP contribution in [0.4, 0.5) is 0 Å². The highest BCUT2D eigenvalue weighted by molar-refractivity contribution is 5.88. The maximum Gasteiger partial charge on any atom is 0.275 e. The third-order valence-electron chi connectivity index (χ3n) is 6.96. The molecule has 4 aromatic rings. The second kappa shape index (κ2) is 7.64. The predicted octanol–water partition coefficient (Wildman–Crippen LogP) is 3.90. The van der Waals surface area contributed by atoms with E-state index in [1.165, 1.54) is 40.2 Å². The summed E-state index contributed by atoms with van der Waals surface area (Å²) < 4.78 is 9.52. The van der Waals surface area contributed by atoms with Gasteiger partial charge in [0.25, 0.3) is 5.56 Å². The van der Waals surface area contributed by atoms with E-state index in [2.05, 4.69) is 34.2 Å². The molecule has 2 aliphatic heterocycles. The Hall–Kier alpha value is -3.38. The Kier molecular flexibility index (Phi) is 4.61. The minimum atomic E-state index is -0.202. The number of hydrogen-bond donors (Lipinski definition) is 1. The van der Waals surface area contributed by atoms with E-state index in [9.17, 15) is 4.79 Å². The first-order chi connectivity index (χ1) is 15.7. The van der Waals surface area contributed by atoms with Gasteiger partial charge in [0.1, 0.15) is 12.4 Å². The number of rotatable bonds is 4. The summed E-state index contributed by atoms with van der Waals surface area (Å²) in [5.74, 6) is 1.19. The van der Waals surface area contributed by atoms with Crippen molar-refractivity contribution in [2.45, 2.75) is 31.9 Å². The van der Waals surface area contributed by atoms with Crippen LogP contribution in [-0.2, 0) is 20.1 Å². The largest absolute Gasteiger partial charge is 0.487 e. The number of nitrogens with one attached hydrogen (secondary N) is 1. The number of ether oxygens (including phenoxy) is 1. The molecule has 1 aliphatic carbocycles. The number of aromatic nitrogens is 3. The Morgan fingerprint density at radius 3 is 2.78 bits per heavy atom. The fourth-order valence-corrected chi connectivity index (χ4v) is 5.29. The lowest BCUT2D eigenvalue weighted by atomic mass is 9.95.